The van der Waals surface area contributed by atoms with E-state index >= 15 is 0 Å². The normalized spacial score (nSPS) is 18.1. The number of anilines is 1. The van der Waals surface area contributed by atoms with Crippen molar-refractivity contribution in [2.75, 3.05) is 12.3 Å². The molecule has 3 N–H and O–H groups in total. The lowest BCUT2D eigenvalue weighted by molar-refractivity contribution is -0.122. The Kier molecular flexibility index (Phi) is 3.81. The number of rotatable bonds is 7. The molecule has 0 aromatic heterocycles. The summed E-state index contributed by atoms with van der Waals surface area (Å²) in [5.74, 6) is 2.22. The number of hydrogen-bond donors (Lipinski definition) is 2. The van der Waals surface area contributed by atoms with E-state index in [0.717, 1.165) is 11.8 Å². The maximum atomic E-state index is 12.0. The van der Waals surface area contributed by atoms with Crippen molar-refractivity contribution in [1.29, 1.82) is 0 Å². The van der Waals surface area contributed by atoms with Crippen molar-refractivity contribution < 1.29 is 9.53 Å². The maximum Gasteiger partial charge on any atom is 0.223 e. The second kappa shape index (κ2) is 5.73. The van der Waals surface area contributed by atoms with Crippen molar-refractivity contribution in [1.82, 2.24) is 5.32 Å². The first kappa shape index (κ1) is 13.3. The molecule has 2 aliphatic rings. The lowest BCUT2D eigenvalue weighted by atomic mass is 10.1. The van der Waals surface area contributed by atoms with Crippen molar-refractivity contribution in [3.05, 3.63) is 24.3 Å². The molecule has 0 spiro atoms. The van der Waals surface area contributed by atoms with Gasteiger partial charge in [-0.3, -0.25) is 4.79 Å². The van der Waals surface area contributed by atoms with Crippen molar-refractivity contribution >= 4 is 11.6 Å². The Labute approximate surface area is 119 Å². The van der Waals surface area contributed by atoms with Gasteiger partial charge in [-0.1, -0.05) is 12.1 Å². The van der Waals surface area contributed by atoms with Gasteiger partial charge in [0.05, 0.1) is 18.7 Å². The highest BCUT2D eigenvalue weighted by Gasteiger charge is 2.42. The smallest absolute Gasteiger partial charge is 0.223 e. The minimum absolute atomic E-state index is 0.100. The quantitative estimate of drug-likeness (QED) is 0.750. The molecule has 1 aromatic carbocycles. The largest absolute Gasteiger partial charge is 0.491 e. The van der Waals surface area contributed by atoms with Gasteiger partial charge in [0.1, 0.15) is 5.75 Å². The number of amides is 1. The van der Waals surface area contributed by atoms with Crippen molar-refractivity contribution in [3.8, 4) is 5.75 Å². The fourth-order valence-corrected chi connectivity index (χ4v) is 2.66. The Morgan fingerprint density at radius 2 is 1.90 bits per heavy atom. The summed E-state index contributed by atoms with van der Waals surface area (Å²) in [4.78, 5) is 12.0. The summed E-state index contributed by atoms with van der Waals surface area (Å²) in [6.07, 6.45) is 5.50. The number of nitrogens with one attached hydrogen (secondary N) is 1. The summed E-state index contributed by atoms with van der Waals surface area (Å²) in [5, 5.41) is 3.19. The zero-order valence-corrected chi connectivity index (χ0v) is 11.7. The molecular weight excluding hydrogens is 252 g/mol. The van der Waals surface area contributed by atoms with Crippen molar-refractivity contribution in [2.45, 2.75) is 38.1 Å². The first-order valence-corrected chi connectivity index (χ1v) is 7.50. The van der Waals surface area contributed by atoms with Gasteiger partial charge >= 0.3 is 0 Å². The molecule has 1 amide bonds. The Morgan fingerprint density at radius 1 is 1.25 bits per heavy atom. The van der Waals surface area contributed by atoms with Gasteiger partial charge in [-0.05, 0) is 49.7 Å². The predicted molar refractivity (Wildman–Crippen MR) is 78.3 cm³/mol. The van der Waals surface area contributed by atoms with Crippen LogP contribution in [0.4, 0.5) is 5.69 Å². The van der Waals surface area contributed by atoms with Gasteiger partial charge in [0.2, 0.25) is 5.91 Å². The molecule has 0 aliphatic heterocycles. The van der Waals surface area contributed by atoms with Gasteiger partial charge in [-0.15, -0.1) is 0 Å². The van der Waals surface area contributed by atoms with Crippen LogP contribution in [-0.2, 0) is 4.79 Å². The van der Waals surface area contributed by atoms with Crippen LogP contribution < -0.4 is 15.8 Å². The average Bonchev–Trinajstić information content (AvgIpc) is 3.30. The van der Waals surface area contributed by atoms with Crippen molar-refractivity contribution in [3.63, 3.8) is 0 Å². The van der Waals surface area contributed by atoms with Crippen LogP contribution in [0, 0.1) is 11.8 Å². The molecule has 0 bridgehead atoms. The number of carbonyl (C=O) groups excluding carboxylic acids is 1. The number of nitrogens with two attached hydrogens (primary N) is 1. The van der Waals surface area contributed by atoms with Gasteiger partial charge < -0.3 is 15.8 Å². The molecule has 0 atom stereocenters. The Bertz CT molecular complexity index is 469. The average molecular weight is 274 g/mol. The summed E-state index contributed by atoms with van der Waals surface area (Å²) < 4.78 is 5.56. The molecule has 2 fully saturated rings. The van der Waals surface area contributed by atoms with Crippen LogP contribution in [0.5, 0.6) is 5.75 Å². The van der Waals surface area contributed by atoms with E-state index in [9.17, 15) is 4.79 Å². The number of nitrogen functional groups attached to an aromatic ring is 1. The molecule has 0 heterocycles. The van der Waals surface area contributed by atoms with Gasteiger partial charge in [0.25, 0.3) is 0 Å². The van der Waals surface area contributed by atoms with Crippen LogP contribution in [0.25, 0.3) is 0 Å². The lowest BCUT2D eigenvalue weighted by Gasteiger charge is -2.17. The summed E-state index contributed by atoms with van der Waals surface area (Å²) >= 11 is 0. The summed E-state index contributed by atoms with van der Waals surface area (Å²) in [5.41, 5.74) is 6.40. The highest BCUT2D eigenvalue weighted by molar-refractivity contribution is 5.76. The van der Waals surface area contributed by atoms with Gasteiger partial charge in [-0.2, -0.15) is 0 Å². The molecule has 4 heteroatoms. The third-order valence-corrected chi connectivity index (χ3v) is 4.09. The molecule has 4 nitrogen and oxygen atoms in total. The number of para-hydroxylation sites is 2. The summed E-state index contributed by atoms with van der Waals surface area (Å²) in [6, 6.07) is 7.78. The Morgan fingerprint density at radius 3 is 2.50 bits per heavy atom. The first-order valence-electron chi connectivity index (χ1n) is 7.50. The fourth-order valence-electron chi connectivity index (χ4n) is 2.66. The van der Waals surface area contributed by atoms with E-state index < -0.39 is 0 Å². The Hall–Kier alpha value is -1.71. The lowest BCUT2D eigenvalue weighted by Crippen LogP contribution is -2.38. The third kappa shape index (κ3) is 3.44. The number of hydrogen-bond acceptors (Lipinski definition) is 3. The minimum Gasteiger partial charge on any atom is -0.491 e. The van der Waals surface area contributed by atoms with Crippen LogP contribution in [0.2, 0.25) is 0 Å². The molecule has 108 valence electrons. The van der Waals surface area contributed by atoms with Crippen LogP contribution in [0.1, 0.15) is 32.1 Å². The standard InChI is InChI=1S/C16H22N2O2/c17-13-3-1-2-4-14(13)20-10-9-15(19)18-16(11-5-6-11)12-7-8-12/h1-4,11-12,16H,5-10,17H2,(H,18,19). The summed E-state index contributed by atoms with van der Waals surface area (Å²) in [7, 11) is 0. The highest BCUT2D eigenvalue weighted by Crippen LogP contribution is 2.44. The monoisotopic (exact) mass is 274 g/mol. The maximum absolute atomic E-state index is 12.0. The molecular formula is C16H22N2O2. The van der Waals surface area contributed by atoms with Gasteiger partial charge in [0, 0.05) is 6.04 Å². The van der Waals surface area contributed by atoms with E-state index in [1.807, 2.05) is 18.2 Å². The van der Waals surface area contributed by atoms with E-state index in [-0.39, 0.29) is 5.91 Å². The SMILES string of the molecule is Nc1ccccc1OCCC(=O)NC(C1CC1)C1CC1. The van der Waals surface area contributed by atoms with Crippen LogP contribution in [0.15, 0.2) is 24.3 Å². The molecule has 0 radical (unpaired) electrons. The van der Waals surface area contributed by atoms with Crippen molar-refractivity contribution in [2.24, 2.45) is 11.8 Å². The molecule has 3 rings (SSSR count). The zero-order chi connectivity index (χ0) is 13.9. The molecule has 2 saturated carbocycles. The van der Waals surface area contributed by atoms with Crippen LogP contribution in [0.3, 0.4) is 0 Å². The second-order valence-corrected chi connectivity index (χ2v) is 5.90. The second-order valence-electron chi connectivity index (χ2n) is 5.90. The van der Waals surface area contributed by atoms with Crippen LogP contribution in [-0.4, -0.2) is 18.6 Å². The molecule has 20 heavy (non-hydrogen) atoms. The number of carbonyl (C=O) groups is 1. The van der Waals surface area contributed by atoms with E-state index in [1.165, 1.54) is 25.7 Å². The van der Waals surface area contributed by atoms with Gasteiger partial charge in [-0.25, -0.2) is 0 Å². The fraction of sp³-hybridized carbons (Fsp3) is 0.562. The van der Waals surface area contributed by atoms with E-state index in [0.29, 0.717) is 30.5 Å². The molecule has 0 unspecified atom stereocenters. The number of ether oxygens (including phenoxy) is 1. The zero-order valence-electron chi connectivity index (χ0n) is 11.7. The minimum atomic E-state index is 0.100. The van der Waals surface area contributed by atoms with E-state index in [1.54, 1.807) is 6.07 Å². The number of benzene rings is 1. The first-order chi connectivity index (χ1) is 9.74. The molecule has 2 aliphatic carbocycles. The van der Waals surface area contributed by atoms with E-state index in [4.69, 9.17) is 10.5 Å². The predicted octanol–water partition coefficient (Wildman–Crippen LogP) is 2.34. The van der Waals surface area contributed by atoms with E-state index in [2.05, 4.69) is 5.32 Å². The highest BCUT2D eigenvalue weighted by atomic mass is 16.5. The topological polar surface area (TPSA) is 64.3 Å². The molecule has 1 aromatic rings. The van der Waals surface area contributed by atoms with Crippen LogP contribution >= 0.6 is 0 Å². The summed E-state index contributed by atoms with van der Waals surface area (Å²) in [6.45, 7) is 0.377. The van der Waals surface area contributed by atoms with Gasteiger partial charge in [0.15, 0.2) is 0 Å². The third-order valence-electron chi connectivity index (χ3n) is 4.09. The Balaban J connectivity index is 1.41. The molecule has 0 saturated heterocycles.